The number of hydrogen-bond donors (Lipinski definition) is 1. The van der Waals surface area contributed by atoms with Crippen LogP contribution in [0.4, 0.5) is 0 Å². The fraction of sp³-hybridized carbons (Fsp3) is 0.200. The molecular weight excluding hydrogens is 232 g/mol. The molecule has 5 nitrogen and oxygen atoms in total. The van der Waals surface area contributed by atoms with Gasteiger partial charge in [0, 0.05) is 0 Å². The lowest BCUT2D eigenvalue weighted by Gasteiger charge is -2.08. The summed E-state index contributed by atoms with van der Waals surface area (Å²) in [5.74, 6) is -0.126. The summed E-state index contributed by atoms with van der Waals surface area (Å²) in [6.45, 7) is 0. The number of rotatable bonds is 2. The molecule has 0 atom stereocenters. The third kappa shape index (κ3) is 1.49. The van der Waals surface area contributed by atoms with Crippen LogP contribution >= 0.6 is 11.6 Å². The van der Waals surface area contributed by atoms with Gasteiger partial charge in [-0.1, -0.05) is 11.6 Å². The summed E-state index contributed by atoms with van der Waals surface area (Å²) >= 11 is 5.99. The summed E-state index contributed by atoms with van der Waals surface area (Å²) in [4.78, 5) is 18.4. The third-order valence-corrected chi connectivity index (χ3v) is 2.51. The predicted molar refractivity (Wildman–Crippen MR) is 59.0 cm³/mol. The first kappa shape index (κ1) is 10.8. The highest BCUT2D eigenvalue weighted by atomic mass is 35.5. The first-order valence-electron chi connectivity index (χ1n) is 4.47. The van der Waals surface area contributed by atoms with E-state index >= 15 is 0 Å². The minimum absolute atomic E-state index is 0.270. The summed E-state index contributed by atoms with van der Waals surface area (Å²) in [7, 11) is 2.77. The van der Waals surface area contributed by atoms with Crippen LogP contribution in [-0.2, 0) is 4.74 Å². The Morgan fingerprint density at radius 1 is 1.50 bits per heavy atom. The van der Waals surface area contributed by atoms with Crippen molar-refractivity contribution in [2.45, 2.75) is 0 Å². The molecule has 0 amide bonds. The number of H-pyrrole nitrogens is 1. The van der Waals surface area contributed by atoms with Crippen molar-refractivity contribution in [3.8, 4) is 5.75 Å². The van der Waals surface area contributed by atoms with Crippen LogP contribution < -0.4 is 4.74 Å². The molecule has 1 aromatic carbocycles. The van der Waals surface area contributed by atoms with E-state index in [1.54, 1.807) is 0 Å². The summed E-state index contributed by atoms with van der Waals surface area (Å²) in [5, 5.41) is 0.373. The van der Waals surface area contributed by atoms with Gasteiger partial charge >= 0.3 is 5.97 Å². The maximum Gasteiger partial charge on any atom is 0.341 e. The molecule has 0 fully saturated rings. The topological polar surface area (TPSA) is 64.2 Å². The van der Waals surface area contributed by atoms with Crippen LogP contribution in [0.3, 0.4) is 0 Å². The fourth-order valence-electron chi connectivity index (χ4n) is 1.52. The highest BCUT2D eigenvalue weighted by Gasteiger charge is 2.19. The van der Waals surface area contributed by atoms with Crippen molar-refractivity contribution in [1.29, 1.82) is 0 Å². The van der Waals surface area contributed by atoms with Crippen LogP contribution in [-0.4, -0.2) is 30.2 Å². The highest BCUT2D eigenvalue weighted by Crippen LogP contribution is 2.33. The van der Waals surface area contributed by atoms with Crippen molar-refractivity contribution in [3.05, 3.63) is 23.0 Å². The first-order valence-corrected chi connectivity index (χ1v) is 4.84. The van der Waals surface area contributed by atoms with E-state index in [0.717, 1.165) is 0 Å². The summed E-state index contributed by atoms with van der Waals surface area (Å²) in [6.07, 6.45) is 1.49. The number of carbonyl (C=O) groups is 1. The maximum atomic E-state index is 11.5. The lowest BCUT2D eigenvalue weighted by molar-refractivity contribution is 0.0597. The molecule has 84 valence electrons. The Morgan fingerprint density at radius 3 is 2.88 bits per heavy atom. The molecule has 2 aromatic rings. The van der Waals surface area contributed by atoms with Gasteiger partial charge in [-0.25, -0.2) is 9.78 Å². The Labute approximate surface area is 96.3 Å². The fourth-order valence-corrected chi connectivity index (χ4v) is 1.77. The van der Waals surface area contributed by atoms with Gasteiger partial charge < -0.3 is 14.5 Å². The molecule has 6 heteroatoms. The number of carbonyl (C=O) groups excluding carboxylic acids is 1. The van der Waals surface area contributed by atoms with Crippen molar-refractivity contribution >= 4 is 28.6 Å². The van der Waals surface area contributed by atoms with E-state index in [2.05, 4.69) is 14.7 Å². The maximum absolute atomic E-state index is 11.5. The molecule has 0 bridgehead atoms. The van der Waals surface area contributed by atoms with E-state index in [0.29, 0.717) is 21.8 Å². The summed E-state index contributed by atoms with van der Waals surface area (Å²) < 4.78 is 9.81. The van der Waals surface area contributed by atoms with Gasteiger partial charge in [0.2, 0.25) is 0 Å². The van der Waals surface area contributed by atoms with E-state index < -0.39 is 5.97 Å². The Balaban J connectivity index is 2.78. The van der Waals surface area contributed by atoms with Gasteiger partial charge in [-0.3, -0.25) is 0 Å². The van der Waals surface area contributed by atoms with E-state index in [1.807, 2.05) is 0 Å². The number of aromatic nitrogens is 2. The molecule has 2 rings (SSSR count). The van der Waals surface area contributed by atoms with Crippen molar-refractivity contribution in [1.82, 2.24) is 9.97 Å². The third-order valence-electron chi connectivity index (χ3n) is 2.22. The average Bonchev–Trinajstić information content (AvgIpc) is 2.77. The van der Waals surface area contributed by atoms with Crippen molar-refractivity contribution in [2.75, 3.05) is 14.2 Å². The minimum atomic E-state index is -0.504. The Morgan fingerprint density at radius 2 is 2.25 bits per heavy atom. The number of imidazole rings is 1. The SMILES string of the molecule is COC(=O)c1cc(Cl)c2nc[nH]c2c1OC. The normalized spacial score (nSPS) is 10.4. The van der Waals surface area contributed by atoms with Crippen LogP contribution in [0.1, 0.15) is 10.4 Å². The molecule has 0 aliphatic rings. The van der Waals surface area contributed by atoms with Crippen LogP contribution in [0.25, 0.3) is 11.0 Å². The number of benzene rings is 1. The lowest BCUT2D eigenvalue weighted by Crippen LogP contribution is -2.04. The number of nitrogens with one attached hydrogen (secondary N) is 1. The quantitative estimate of drug-likeness (QED) is 0.816. The first-order chi connectivity index (χ1) is 7.69. The molecular formula is C10H9ClN2O3. The average molecular weight is 241 g/mol. The molecule has 0 radical (unpaired) electrons. The van der Waals surface area contributed by atoms with Gasteiger partial charge in [0.05, 0.1) is 25.6 Å². The van der Waals surface area contributed by atoms with Crippen LogP contribution in [0.15, 0.2) is 12.4 Å². The standard InChI is InChI=1S/C10H9ClN2O3/c1-15-9-5(10(14)16-2)3-6(11)7-8(9)13-4-12-7/h3-4H,1-2H3,(H,12,13). The van der Waals surface area contributed by atoms with Gasteiger partial charge in [-0.2, -0.15) is 0 Å². The second-order valence-electron chi connectivity index (χ2n) is 3.06. The number of methoxy groups -OCH3 is 2. The van der Waals surface area contributed by atoms with E-state index in [-0.39, 0.29) is 5.56 Å². The van der Waals surface area contributed by atoms with Gasteiger partial charge in [0.1, 0.15) is 16.6 Å². The molecule has 1 N–H and O–H groups in total. The number of halogens is 1. The van der Waals surface area contributed by atoms with Crippen LogP contribution in [0, 0.1) is 0 Å². The molecule has 0 spiro atoms. The highest BCUT2D eigenvalue weighted by molar-refractivity contribution is 6.35. The number of aromatic amines is 1. The molecule has 1 aromatic heterocycles. The van der Waals surface area contributed by atoms with Crippen LogP contribution in [0.5, 0.6) is 5.75 Å². The van der Waals surface area contributed by atoms with Crippen molar-refractivity contribution in [2.24, 2.45) is 0 Å². The smallest absolute Gasteiger partial charge is 0.341 e. The molecule has 0 saturated heterocycles. The molecule has 0 saturated carbocycles. The van der Waals surface area contributed by atoms with Crippen LogP contribution in [0.2, 0.25) is 5.02 Å². The zero-order chi connectivity index (χ0) is 11.7. The van der Waals surface area contributed by atoms with E-state index in [1.165, 1.54) is 26.6 Å². The monoisotopic (exact) mass is 240 g/mol. The Hall–Kier alpha value is -1.75. The number of ether oxygens (including phenoxy) is 2. The number of hydrogen-bond acceptors (Lipinski definition) is 4. The van der Waals surface area contributed by atoms with Gasteiger partial charge in [-0.15, -0.1) is 0 Å². The molecule has 0 aliphatic carbocycles. The summed E-state index contributed by atoms with van der Waals surface area (Å²) in [6, 6.07) is 1.48. The van der Waals surface area contributed by atoms with E-state index in [4.69, 9.17) is 16.3 Å². The second-order valence-corrected chi connectivity index (χ2v) is 3.46. The largest absolute Gasteiger partial charge is 0.494 e. The van der Waals surface area contributed by atoms with E-state index in [9.17, 15) is 4.79 Å². The minimum Gasteiger partial charge on any atom is -0.494 e. The number of fused-ring (bicyclic) bond motifs is 1. The zero-order valence-electron chi connectivity index (χ0n) is 8.70. The summed E-state index contributed by atoms with van der Waals surface area (Å²) in [5.41, 5.74) is 1.41. The molecule has 0 unspecified atom stereocenters. The zero-order valence-corrected chi connectivity index (χ0v) is 9.46. The Bertz CT molecular complexity index is 550. The number of nitrogens with zero attached hydrogens (tertiary/aromatic N) is 1. The van der Waals surface area contributed by atoms with Gasteiger partial charge in [-0.05, 0) is 6.07 Å². The van der Waals surface area contributed by atoms with Gasteiger partial charge in [0.15, 0.2) is 5.75 Å². The molecule has 16 heavy (non-hydrogen) atoms. The van der Waals surface area contributed by atoms with Gasteiger partial charge in [0.25, 0.3) is 0 Å². The Kier molecular flexibility index (Phi) is 2.70. The molecule has 1 heterocycles. The van der Waals surface area contributed by atoms with Crippen molar-refractivity contribution < 1.29 is 14.3 Å². The predicted octanol–water partition coefficient (Wildman–Crippen LogP) is 2.01. The molecule has 0 aliphatic heterocycles. The second kappa shape index (κ2) is 4.02. The number of esters is 1. The lowest BCUT2D eigenvalue weighted by atomic mass is 10.1. The van der Waals surface area contributed by atoms with Crippen molar-refractivity contribution in [3.63, 3.8) is 0 Å².